The molecule has 0 aliphatic carbocycles. The van der Waals surface area contributed by atoms with Crippen molar-refractivity contribution in [3.05, 3.63) is 64.9 Å². The quantitative estimate of drug-likeness (QED) is 0.396. The lowest BCUT2D eigenvalue weighted by Crippen LogP contribution is -2.51. The number of sulfonamides is 2. The summed E-state index contributed by atoms with van der Waals surface area (Å²) in [7, 11) is -7.34. The Labute approximate surface area is 230 Å². The molecule has 1 amide bonds. The van der Waals surface area contributed by atoms with Crippen molar-refractivity contribution in [2.75, 3.05) is 31.9 Å². The highest BCUT2D eigenvalue weighted by molar-refractivity contribution is 7.89. The van der Waals surface area contributed by atoms with Crippen molar-refractivity contribution in [3.8, 4) is 0 Å². The second kappa shape index (κ2) is 12.9. The van der Waals surface area contributed by atoms with Crippen LogP contribution in [-0.2, 0) is 31.4 Å². The molecule has 2 aromatic rings. The van der Waals surface area contributed by atoms with Gasteiger partial charge in [0.15, 0.2) is 0 Å². The highest BCUT2D eigenvalue weighted by atomic mass is 35.5. The summed E-state index contributed by atoms with van der Waals surface area (Å²) in [6, 6.07) is 11.3. The van der Waals surface area contributed by atoms with Gasteiger partial charge >= 0.3 is 0 Å². The van der Waals surface area contributed by atoms with E-state index in [2.05, 4.69) is 0 Å². The summed E-state index contributed by atoms with van der Waals surface area (Å²) < 4.78 is 67.8. The average Bonchev–Trinajstić information content (AvgIpc) is 2.88. The molecule has 38 heavy (non-hydrogen) atoms. The van der Waals surface area contributed by atoms with E-state index in [1.54, 1.807) is 24.0 Å². The number of hydrogen-bond acceptors (Lipinski definition) is 5. The Morgan fingerprint density at radius 1 is 1.03 bits per heavy atom. The van der Waals surface area contributed by atoms with Gasteiger partial charge in [-0.1, -0.05) is 37.6 Å². The summed E-state index contributed by atoms with van der Waals surface area (Å²) in [5, 5.41) is 0.400. The van der Waals surface area contributed by atoms with Crippen molar-refractivity contribution in [2.24, 2.45) is 5.92 Å². The van der Waals surface area contributed by atoms with E-state index in [1.807, 2.05) is 13.8 Å². The van der Waals surface area contributed by atoms with Gasteiger partial charge in [0.1, 0.15) is 5.82 Å². The van der Waals surface area contributed by atoms with Gasteiger partial charge in [-0.25, -0.2) is 25.5 Å². The summed E-state index contributed by atoms with van der Waals surface area (Å²) in [5.41, 5.74) is 0.694. The molecule has 1 heterocycles. The second-order valence-electron chi connectivity index (χ2n) is 9.82. The molecule has 0 saturated carbocycles. The monoisotopic (exact) mass is 587 g/mol. The van der Waals surface area contributed by atoms with Crippen molar-refractivity contribution in [3.63, 3.8) is 0 Å². The Morgan fingerprint density at radius 3 is 2.13 bits per heavy atom. The average molecular weight is 588 g/mol. The highest BCUT2D eigenvalue weighted by Gasteiger charge is 2.34. The predicted octanol–water partition coefficient (Wildman–Crippen LogP) is 3.97. The molecule has 1 fully saturated rings. The van der Waals surface area contributed by atoms with Crippen molar-refractivity contribution in [1.29, 1.82) is 0 Å². The third-order valence-electron chi connectivity index (χ3n) is 6.54. The Morgan fingerprint density at radius 2 is 1.61 bits per heavy atom. The SMILES string of the molecule is CCS(=O)(=O)N1CCC(N(Cc2ccc(F)cc2)C(=O)CN(CC(C)C)S(=O)(=O)c2ccc(Cl)cc2)CC1. The third kappa shape index (κ3) is 7.75. The van der Waals surface area contributed by atoms with E-state index < -0.39 is 31.8 Å². The van der Waals surface area contributed by atoms with Crippen LogP contribution >= 0.6 is 11.6 Å². The molecule has 0 aromatic heterocycles. The number of piperidine rings is 1. The Balaban J connectivity index is 1.88. The summed E-state index contributed by atoms with van der Waals surface area (Å²) >= 11 is 5.94. The van der Waals surface area contributed by atoms with Crippen LogP contribution in [0.1, 0.15) is 39.2 Å². The van der Waals surface area contributed by atoms with Crippen LogP contribution in [0.5, 0.6) is 0 Å². The van der Waals surface area contributed by atoms with Crippen LogP contribution in [0.3, 0.4) is 0 Å². The molecule has 1 aliphatic heterocycles. The summed E-state index contributed by atoms with van der Waals surface area (Å²) in [6.07, 6.45) is 0.834. The van der Waals surface area contributed by atoms with Crippen LogP contribution in [0.15, 0.2) is 53.4 Å². The van der Waals surface area contributed by atoms with Gasteiger partial charge in [0, 0.05) is 37.2 Å². The zero-order chi connectivity index (χ0) is 28.1. The fraction of sp³-hybridized carbons (Fsp3) is 0.500. The number of halogens is 2. The maximum absolute atomic E-state index is 13.8. The normalized spacial score (nSPS) is 15.8. The number of amides is 1. The number of carbonyl (C=O) groups is 1. The molecule has 8 nitrogen and oxygen atoms in total. The van der Waals surface area contributed by atoms with Crippen LogP contribution in [0.25, 0.3) is 0 Å². The minimum Gasteiger partial charge on any atom is -0.334 e. The van der Waals surface area contributed by atoms with Gasteiger partial charge in [-0.2, -0.15) is 4.31 Å². The first-order valence-electron chi connectivity index (χ1n) is 12.6. The van der Waals surface area contributed by atoms with Gasteiger partial charge < -0.3 is 4.90 Å². The molecule has 0 bridgehead atoms. The van der Waals surface area contributed by atoms with E-state index in [0.717, 1.165) is 0 Å². The van der Waals surface area contributed by atoms with E-state index in [1.165, 1.54) is 45.0 Å². The lowest BCUT2D eigenvalue weighted by atomic mass is 10.0. The molecule has 1 aliphatic rings. The van der Waals surface area contributed by atoms with Crippen molar-refractivity contribution < 1.29 is 26.0 Å². The minimum atomic E-state index is -3.99. The number of hydrogen-bond donors (Lipinski definition) is 0. The molecular formula is C26H35ClFN3O5S2. The van der Waals surface area contributed by atoms with Crippen molar-refractivity contribution >= 4 is 37.6 Å². The molecule has 210 valence electrons. The topological polar surface area (TPSA) is 95.1 Å². The largest absolute Gasteiger partial charge is 0.334 e. The fourth-order valence-corrected chi connectivity index (χ4v) is 7.29. The van der Waals surface area contributed by atoms with Gasteiger partial charge in [-0.15, -0.1) is 0 Å². The first-order valence-corrected chi connectivity index (χ1v) is 16.0. The molecule has 1 saturated heterocycles. The minimum absolute atomic E-state index is 0.00259. The molecule has 12 heteroatoms. The third-order valence-corrected chi connectivity index (χ3v) is 10.5. The van der Waals surface area contributed by atoms with E-state index in [-0.39, 0.29) is 55.3 Å². The van der Waals surface area contributed by atoms with Crippen LogP contribution in [0.2, 0.25) is 5.02 Å². The summed E-state index contributed by atoms with van der Waals surface area (Å²) in [4.78, 5) is 15.4. The van der Waals surface area contributed by atoms with Gasteiger partial charge in [-0.3, -0.25) is 4.79 Å². The van der Waals surface area contributed by atoms with Gasteiger partial charge in [0.2, 0.25) is 26.0 Å². The fourth-order valence-electron chi connectivity index (χ4n) is 4.47. The van der Waals surface area contributed by atoms with E-state index in [4.69, 9.17) is 11.6 Å². The zero-order valence-corrected chi connectivity index (χ0v) is 24.3. The Kier molecular flexibility index (Phi) is 10.3. The maximum atomic E-state index is 13.8. The molecule has 0 unspecified atom stereocenters. The molecular weight excluding hydrogens is 553 g/mol. The van der Waals surface area contributed by atoms with Gasteiger partial charge in [-0.05, 0) is 67.6 Å². The molecule has 0 N–H and O–H groups in total. The lowest BCUT2D eigenvalue weighted by Gasteiger charge is -2.39. The molecule has 2 aromatic carbocycles. The van der Waals surface area contributed by atoms with Gasteiger partial charge in [0.05, 0.1) is 17.2 Å². The van der Waals surface area contributed by atoms with Crippen LogP contribution < -0.4 is 0 Å². The highest BCUT2D eigenvalue weighted by Crippen LogP contribution is 2.24. The predicted molar refractivity (Wildman–Crippen MR) is 146 cm³/mol. The summed E-state index contributed by atoms with van der Waals surface area (Å²) in [5.74, 6) is -0.841. The maximum Gasteiger partial charge on any atom is 0.243 e. The molecule has 0 atom stereocenters. The molecule has 3 rings (SSSR count). The van der Waals surface area contributed by atoms with Gasteiger partial charge in [0.25, 0.3) is 0 Å². The van der Waals surface area contributed by atoms with Crippen LogP contribution in [-0.4, -0.2) is 74.2 Å². The number of carbonyl (C=O) groups excluding carboxylic acids is 1. The molecule has 0 radical (unpaired) electrons. The van der Waals surface area contributed by atoms with E-state index >= 15 is 0 Å². The van der Waals surface area contributed by atoms with E-state index in [9.17, 15) is 26.0 Å². The number of rotatable bonds is 11. The second-order valence-corrected chi connectivity index (χ2v) is 14.5. The zero-order valence-electron chi connectivity index (χ0n) is 21.9. The number of nitrogens with zero attached hydrogens (tertiary/aromatic N) is 3. The first kappa shape index (κ1) is 30.5. The smallest absolute Gasteiger partial charge is 0.243 e. The first-order chi connectivity index (χ1) is 17.8. The Bertz CT molecular complexity index is 1300. The van der Waals surface area contributed by atoms with Crippen molar-refractivity contribution in [1.82, 2.24) is 13.5 Å². The lowest BCUT2D eigenvalue weighted by molar-refractivity contribution is -0.135. The standard InChI is InChI=1S/C26H35ClFN3O5S2/c1-4-37(33,34)29-15-13-24(14-16-29)31(18-21-5-9-23(28)10-6-21)26(32)19-30(17-20(2)3)38(35,36)25-11-7-22(27)8-12-25/h5-12,20,24H,4,13-19H2,1-3H3. The Hall–Kier alpha value is -2.05. The van der Waals surface area contributed by atoms with Crippen LogP contribution in [0.4, 0.5) is 4.39 Å². The summed E-state index contributed by atoms with van der Waals surface area (Å²) in [6.45, 7) is 5.78. The van der Waals surface area contributed by atoms with Crippen molar-refractivity contribution in [2.45, 2.75) is 51.1 Å². The van der Waals surface area contributed by atoms with E-state index in [0.29, 0.717) is 23.4 Å². The molecule has 0 spiro atoms. The number of benzene rings is 2. The van der Waals surface area contributed by atoms with Crippen LogP contribution in [0, 0.1) is 11.7 Å².